The molecule has 0 aliphatic carbocycles. The van der Waals surface area contributed by atoms with Gasteiger partial charge in [0.25, 0.3) is 5.91 Å². The zero-order chi connectivity index (χ0) is 22.6. The predicted octanol–water partition coefficient (Wildman–Crippen LogP) is 3.17. The molecule has 3 rings (SSSR count). The molecule has 164 valence electrons. The molecule has 2 aromatic carbocycles. The summed E-state index contributed by atoms with van der Waals surface area (Å²) in [5, 5.41) is 5.53. The van der Waals surface area contributed by atoms with Crippen molar-refractivity contribution in [2.45, 2.75) is 26.3 Å². The van der Waals surface area contributed by atoms with Gasteiger partial charge in [0.2, 0.25) is 5.91 Å². The van der Waals surface area contributed by atoms with Crippen molar-refractivity contribution in [1.29, 1.82) is 0 Å². The van der Waals surface area contributed by atoms with Gasteiger partial charge in [-0.15, -0.1) is 0 Å². The summed E-state index contributed by atoms with van der Waals surface area (Å²) in [6.07, 6.45) is 0. The fraction of sp³-hybridized carbons (Fsp3) is 0.348. The molecule has 8 heteroatoms. The molecule has 0 bridgehead atoms. The molecule has 2 N–H and O–H groups in total. The van der Waals surface area contributed by atoms with Crippen molar-refractivity contribution in [3.05, 3.63) is 64.1 Å². The van der Waals surface area contributed by atoms with Crippen molar-refractivity contribution >= 4 is 39.5 Å². The van der Waals surface area contributed by atoms with Gasteiger partial charge in [0.1, 0.15) is 12.1 Å². The maximum atomic E-state index is 13.0. The Morgan fingerprint density at radius 3 is 2.61 bits per heavy atom. The third kappa shape index (κ3) is 5.07. The van der Waals surface area contributed by atoms with E-state index in [9.17, 15) is 14.4 Å². The second-order valence-electron chi connectivity index (χ2n) is 7.73. The van der Waals surface area contributed by atoms with E-state index in [0.717, 1.165) is 21.6 Å². The van der Waals surface area contributed by atoms with Crippen molar-refractivity contribution in [1.82, 2.24) is 15.5 Å². The monoisotopic (exact) mass is 486 g/mol. The van der Waals surface area contributed by atoms with Crippen molar-refractivity contribution < 1.29 is 14.4 Å². The first-order valence-electron chi connectivity index (χ1n) is 10.2. The molecule has 0 saturated carbocycles. The molecule has 4 amide bonds. The van der Waals surface area contributed by atoms with Gasteiger partial charge in [0.05, 0.1) is 0 Å². The Labute approximate surface area is 190 Å². The van der Waals surface area contributed by atoms with Gasteiger partial charge in [-0.1, -0.05) is 40.2 Å². The van der Waals surface area contributed by atoms with Crippen molar-refractivity contribution in [2.24, 2.45) is 0 Å². The highest BCUT2D eigenvalue weighted by atomic mass is 79.9. The van der Waals surface area contributed by atoms with Gasteiger partial charge in [-0.2, -0.15) is 0 Å². The number of amides is 4. The summed E-state index contributed by atoms with van der Waals surface area (Å²) in [5.41, 5.74) is 1.72. The summed E-state index contributed by atoms with van der Waals surface area (Å²) in [5.74, 6) is -0.817. The molecule has 1 saturated heterocycles. The lowest BCUT2D eigenvalue weighted by molar-refractivity contribution is -0.134. The number of nitrogens with one attached hydrogen (secondary N) is 2. The summed E-state index contributed by atoms with van der Waals surface area (Å²) < 4.78 is 0.804. The number of rotatable bonds is 8. The Bertz CT molecular complexity index is 996. The Morgan fingerprint density at radius 2 is 1.94 bits per heavy atom. The van der Waals surface area contributed by atoms with Gasteiger partial charge in [-0.05, 0) is 56.2 Å². The van der Waals surface area contributed by atoms with Crippen LogP contribution in [0, 0.1) is 6.92 Å². The molecule has 0 aromatic heterocycles. The SMILES string of the molecule is CCN(CCNC(=O)CN1C(=O)NC(C)(c2cccc(Br)c2)C1=O)c1cccc(C)c1. The number of anilines is 1. The summed E-state index contributed by atoms with van der Waals surface area (Å²) >= 11 is 3.38. The van der Waals surface area contributed by atoms with E-state index in [1.54, 1.807) is 25.1 Å². The number of benzene rings is 2. The molecule has 1 fully saturated rings. The quantitative estimate of drug-likeness (QED) is 0.561. The fourth-order valence-corrected chi connectivity index (χ4v) is 4.06. The molecule has 1 unspecified atom stereocenters. The third-order valence-electron chi connectivity index (χ3n) is 5.43. The van der Waals surface area contributed by atoms with Crippen LogP contribution in [0.4, 0.5) is 10.5 Å². The number of hydrogen-bond acceptors (Lipinski definition) is 4. The second kappa shape index (κ2) is 9.51. The van der Waals surface area contributed by atoms with Crippen LogP contribution in [0.25, 0.3) is 0 Å². The molecule has 0 spiro atoms. The van der Waals surface area contributed by atoms with Gasteiger partial charge in [-0.25, -0.2) is 4.79 Å². The lowest BCUT2D eigenvalue weighted by Crippen LogP contribution is -2.44. The van der Waals surface area contributed by atoms with Crippen molar-refractivity contribution in [3.63, 3.8) is 0 Å². The molecular formula is C23H27BrN4O3. The number of likely N-dealkylation sites (N-methyl/N-ethyl adjacent to an activating group) is 1. The van der Waals surface area contributed by atoms with Crippen LogP contribution in [-0.2, 0) is 15.1 Å². The largest absolute Gasteiger partial charge is 0.370 e. The van der Waals surface area contributed by atoms with E-state index >= 15 is 0 Å². The van der Waals surface area contributed by atoms with Gasteiger partial charge in [0, 0.05) is 29.8 Å². The van der Waals surface area contributed by atoms with E-state index in [-0.39, 0.29) is 12.5 Å². The van der Waals surface area contributed by atoms with Crippen LogP contribution in [0.2, 0.25) is 0 Å². The number of imide groups is 1. The molecule has 31 heavy (non-hydrogen) atoms. The summed E-state index contributed by atoms with van der Waals surface area (Å²) in [7, 11) is 0. The minimum absolute atomic E-state index is 0.315. The van der Waals surface area contributed by atoms with E-state index in [0.29, 0.717) is 18.7 Å². The van der Waals surface area contributed by atoms with E-state index < -0.39 is 17.5 Å². The maximum Gasteiger partial charge on any atom is 0.325 e. The zero-order valence-electron chi connectivity index (χ0n) is 17.9. The number of carbonyl (C=O) groups excluding carboxylic acids is 3. The van der Waals surface area contributed by atoms with Crippen molar-refractivity contribution in [2.75, 3.05) is 31.1 Å². The number of carbonyl (C=O) groups is 3. The lowest BCUT2D eigenvalue weighted by atomic mass is 9.92. The standard InChI is InChI=1S/C23H27BrN4O3/c1-4-27(19-10-5-7-16(2)13-19)12-11-25-20(29)15-28-21(30)23(3,26-22(28)31)17-8-6-9-18(24)14-17/h5-10,13-14H,4,11-12,15H2,1-3H3,(H,25,29)(H,26,31). The van der Waals surface area contributed by atoms with Gasteiger partial charge >= 0.3 is 6.03 Å². The van der Waals surface area contributed by atoms with E-state index in [1.807, 2.05) is 31.2 Å². The minimum atomic E-state index is -1.20. The fourth-order valence-electron chi connectivity index (χ4n) is 3.66. The van der Waals surface area contributed by atoms with Gasteiger partial charge < -0.3 is 15.5 Å². The first kappa shape index (κ1) is 22.8. The summed E-state index contributed by atoms with van der Waals surface area (Å²) in [6.45, 7) is 7.27. The number of hydrogen-bond donors (Lipinski definition) is 2. The third-order valence-corrected chi connectivity index (χ3v) is 5.92. The highest BCUT2D eigenvalue weighted by Gasteiger charge is 2.49. The molecule has 0 radical (unpaired) electrons. The van der Waals surface area contributed by atoms with Crippen LogP contribution in [0.1, 0.15) is 25.0 Å². The Balaban J connectivity index is 1.58. The van der Waals surface area contributed by atoms with Crippen LogP contribution in [-0.4, -0.2) is 48.9 Å². The second-order valence-corrected chi connectivity index (χ2v) is 8.64. The Morgan fingerprint density at radius 1 is 1.19 bits per heavy atom. The zero-order valence-corrected chi connectivity index (χ0v) is 19.5. The average Bonchev–Trinajstić information content (AvgIpc) is 2.95. The summed E-state index contributed by atoms with van der Waals surface area (Å²) in [6, 6.07) is 14.8. The smallest absolute Gasteiger partial charge is 0.325 e. The minimum Gasteiger partial charge on any atom is -0.370 e. The number of halogens is 1. The average molecular weight is 487 g/mol. The number of urea groups is 1. The highest BCUT2D eigenvalue weighted by Crippen LogP contribution is 2.30. The van der Waals surface area contributed by atoms with Crippen LogP contribution >= 0.6 is 15.9 Å². The molecular weight excluding hydrogens is 460 g/mol. The van der Waals surface area contributed by atoms with Crippen molar-refractivity contribution in [3.8, 4) is 0 Å². The van der Waals surface area contributed by atoms with Crippen LogP contribution in [0.3, 0.4) is 0 Å². The molecule has 1 aliphatic rings. The molecule has 2 aromatic rings. The predicted molar refractivity (Wildman–Crippen MR) is 124 cm³/mol. The van der Waals surface area contributed by atoms with Gasteiger partial charge in [0.15, 0.2) is 0 Å². The molecule has 1 heterocycles. The molecule has 7 nitrogen and oxygen atoms in total. The number of aryl methyl sites for hydroxylation is 1. The number of nitrogens with zero attached hydrogens (tertiary/aromatic N) is 2. The Kier molecular flexibility index (Phi) is 7.00. The normalized spacial score (nSPS) is 18.1. The first-order chi connectivity index (χ1) is 14.7. The topological polar surface area (TPSA) is 81.8 Å². The van der Waals surface area contributed by atoms with Crippen LogP contribution < -0.4 is 15.5 Å². The molecule has 1 atom stereocenters. The highest BCUT2D eigenvalue weighted by molar-refractivity contribution is 9.10. The Hall–Kier alpha value is -2.87. The van der Waals surface area contributed by atoms with E-state index in [4.69, 9.17) is 0 Å². The van der Waals surface area contributed by atoms with E-state index in [1.165, 1.54) is 5.56 Å². The van der Waals surface area contributed by atoms with Crippen LogP contribution in [0.15, 0.2) is 53.0 Å². The van der Waals surface area contributed by atoms with Gasteiger partial charge in [-0.3, -0.25) is 14.5 Å². The van der Waals surface area contributed by atoms with Crippen LogP contribution in [0.5, 0.6) is 0 Å². The molecule has 1 aliphatic heterocycles. The van der Waals surface area contributed by atoms with E-state index in [2.05, 4.69) is 44.5 Å². The summed E-state index contributed by atoms with van der Waals surface area (Å²) in [4.78, 5) is 41.0. The maximum absolute atomic E-state index is 13.0. The first-order valence-corrected chi connectivity index (χ1v) is 11.0. The lowest BCUT2D eigenvalue weighted by Gasteiger charge is -2.24.